The van der Waals surface area contributed by atoms with E-state index in [1.165, 1.54) is 24.3 Å². The number of halogens is 4. The van der Waals surface area contributed by atoms with E-state index in [0.29, 0.717) is 5.56 Å². The summed E-state index contributed by atoms with van der Waals surface area (Å²) in [5.74, 6) is -0.452. The van der Waals surface area contributed by atoms with Crippen LogP contribution in [0, 0.1) is 5.82 Å². The molecule has 1 atom stereocenters. The van der Waals surface area contributed by atoms with Gasteiger partial charge >= 0.3 is 12.2 Å². The summed E-state index contributed by atoms with van der Waals surface area (Å²) in [6.45, 7) is -1.23. The molecule has 0 saturated carbocycles. The Morgan fingerprint density at radius 3 is 2.52 bits per heavy atom. The lowest BCUT2D eigenvalue weighted by molar-refractivity contribution is -0.122. The van der Waals surface area contributed by atoms with Gasteiger partial charge in [-0.3, -0.25) is 0 Å². The minimum atomic E-state index is -4.51. The third-order valence-electron chi connectivity index (χ3n) is 3.93. The number of hydrogen-bond acceptors (Lipinski definition) is 2. The Kier molecular flexibility index (Phi) is 5.29. The summed E-state index contributed by atoms with van der Waals surface area (Å²) in [7, 11) is 0. The maximum atomic E-state index is 13.2. The fourth-order valence-electron chi connectivity index (χ4n) is 2.67. The molecule has 1 heterocycles. The number of benzene rings is 2. The fraction of sp³-hybridized carbons (Fsp3) is 0.222. The lowest BCUT2D eigenvalue weighted by Crippen LogP contribution is -2.43. The SMILES string of the molecule is O=C(NCC(F)(F)F)NC(Cn1cnc2ccccc21)c1ccc(F)cc1. The normalized spacial score (nSPS) is 12.7. The van der Waals surface area contributed by atoms with E-state index in [-0.39, 0.29) is 6.54 Å². The highest BCUT2D eigenvalue weighted by Gasteiger charge is 2.28. The van der Waals surface area contributed by atoms with E-state index in [9.17, 15) is 22.4 Å². The van der Waals surface area contributed by atoms with Gasteiger partial charge in [0.1, 0.15) is 12.4 Å². The van der Waals surface area contributed by atoms with E-state index in [2.05, 4.69) is 10.3 Å². The van der Waals surface area contributed by atoms with Crippen molar-refractivity contribution in [2.75, 3.05) is 6.54 Å². The van der Waals surface area contributed by atoms with Gasteiger partial charge < -0.3 is 15.2 Å². The van der Waals surface area contributed by atoms with Crippen LogP contribution < -0.4 is 10.6 Å². The van der Waals surface area contributed by atoms with Crippen LogP contribution in [0.15, 0.2) is 54.9 Å². The average molecular weight is 380 g/mol. The van der Waals surface area contributed by atoms with E-state index < -0.39 is 30.6 Å². The topological polar surface area (TPSA) is 59.0 Å². The van der Waals surface area contributed by atoms with Gasteiger partial charge in [0.15, 0.2) is 0 Å². The number of nitrogens with one attached hydrogen (secondary N) is 2. The first kappa shape index (κ1) is 18.7. The maximum Gasteiger partial charge on any atom is 0.405 e. The first-order chi connectivity index (χ1) is 12.8. The lowest BCUT2D eigenvalue weighted by Gasteiger charge is -2.21. The molecule has 9 heteroatoms. The van der Waals surface area contributed by atoms with Crippen molar-refractivity contribution in [1.29, 1.82) is 0 Å². The van der Waals surface area contributed by atoms with Crippen molar-refractivity contribution < 1.29 is 22.4 Å². The molecule has 27 heavy (non-hydrogen) atoms. The zero-order valence-electron chi connectivity index (χ0n) is 14.0. The van der Waals surface area contributed by atoms with Crippen LogP contribution >= 0.6 is 0 Å². The summed E-state index contributed by atoms with van der Waals surface area (Å²) in [5, 5.41) is 4.28. The predicted octanol–water partition coefficient (Wildman–Crippen LogP) is 3.78. The molecule has 3 rings (SSSR count). The van der Waals surface area contributed by atoms with Gasteiger partial charge in [0, 0.05) is 6.54 Å². The van der Waals surface area contributed by atoms with Gasteiger partial charge in [-0.2, -0.15) is 13.2 Å². The number of imidazole rings is 1. The van der Waals surface area contributed by atoms with Gasteiger partial charge in [-0.25, -0.2) is 14.2 Å². The summed E-state index contributed by atoms with van der Waals surface area (Å²) >= 11 is 0. The molecular weight excluding hydrogens is 364 g/mol. The molecular formula is C18H16F4N4O. The molecule has 2 N–H and O–H groups in total. The maximum absolute atomic E-state index is 13.2. The number of amides is 2. The van der Waals surface area contributed by atoms with E-state index in [1.807, 2.05) is 24.3 Å². The Morgan fingerprint density at radius 1 is 1.11 bits per heavy atom. The van der Waals surface area contributed by atoms with Crippen molar-refractivity contribution >= 4 is 17.1 Å². The third-order valence-corrected chi connectivity index (χ3v) is 3.93. The molecule has 142 valence electrons. The summed E-state index contributed by atoms with van der Waals surface area (Å²) in [4.78, 5) is 16.2. The second kappa shape index (κ2) is 7.65. The molecule has 0 spiro atoms. The van der Waals surface area contributed by atoms with Gasteiger partial charge in [0.2, 0.25) is 0 Å². The highest BCUT2D eigenvalue weighted by atomic mass is 19.4. The highest BCUT2D eigenvalue weighted by molar-refractivity contribution is 5.76. The number of carbonyl (C=O) groups excluding carboxylic acids is 1. The van der Waals surface area contributed by atoms with Crippen LogP contribution in [0.2, 0.25) is 0 Å². The van der Waals surface area contributed by atoms with E-state index in [1.54, 1.807) is 16.2 Å². The lowest BCUT2D eigenvalue weighted by atomic mass is 10.1. The molecule has 2 amide bonds. The summed E-state index contributed by atoms with van der Waals surface area (Å²) in [6, 6.07) is 11.1. The van der Waals surface area contributed by atoms with Crippen molar-refractivity contribution in [3.63, 3.8) is 0 Å². The molecule has 0 saturated heterocycles. The monoisotopic (exact) mass is 380 g/mol. The number of nitrogens with zero attached hydrogens (tertiary/aromatic N) is 2. The Hall–Kier alpha value is -3.10. The largest absolute Gasteiger partial charge is 0.405 e. The molecule has 0 bridgehead atoms. The molecule has 2 aromatic carbocycles. The van der Waals surface area contributed by atoms with Gasteiger partial charge in [-0.1, -0.05) is 24.3 Å². The number of alkyl halides is 3. The minimum absolute atomic E-state index is 0.214. The molecule has 1 aromatic heterocycles. The van der Waals surface area contributed by atoms with Crippen molar-refractivity contribution in [3.05, 3.63) is 66.2 Å². The number of aromatic nitrogens is 2. The quantitative estimate of drug-likeness (QED) is 0.662. The van der Waals surface area contributed by atoms with Gasteiger partial charge in [-0.05, 0) is 29.8 Å². The molecule has 3 aromatic rings. The number of urea groups is 1. The molecule has 0 radical (unpaired) electrons. The van der Waals surface area contributed by atoms with Crippen LogP contribution in [0.1, 0.15) is 11.6 Å². The number of para-hydroxylation sites is 2. The smallest absolute Gasteiger partial charge is 0.330 e. The van der Waals surface area contributed by atoms with Crippen LogP contribution in [0.4, 0.5) is 22.4 Å². The fourth-order valence-corrected chi connectivity index (χ4v) is 2.67. The summed E-state index contributed by atoms with van der Waals surface area (Å²) in [5.41, 5.74) is 2.11. The number of fused-ring (bicyclic) bond motifs is 1. The summed E-state index contributed by atoms with van der Waals surface area (Å²) < 4.78 is 51.9. The second-order valence-electron chi connectivity index (χ2n) is 5.93. The van der Waals surface area contributed by atoms with Crippen molar-refractivity contribution in [1.82, 2.24) is 20.2 Å². The Bertz CT molecular complexity index is 921. The van der Waals surface area contributed by atoms with E-state index in [4.69, 9.17) is 0 Å². The first-order valence-electron chi connectivity index (χ1n) is 8.08. The number of rotatable bonds is 5. The van der Waals surface area contributed by atoms with Crippen LogP contribution in [-0.4, -0.2) is 28.3 Å². The van der Waals surface area contributed by atoms with Crippen LogP contribution in [-0.2, 0) is 6.54 Å². The minimum Gasteiger partial charge on any atom is -0.330 e. The van der Waals surface area contributed by atoms with Crippen LogP contribution in [0.5, 0.6) is 0 Å². The predicted molar refractivity (Wildman–Crippen MR) is 91.5 cm³/mol. The molecule has 0 aliphatic carbocycles. The van der Waals surface area contributed by atoms with Gasteiger partial charge in [0.25, 0.3) is 0 Å². The molecule has 0 fully saturated rings. The molecule has 1 unspecified atom stereocenters. The Labute approximate surface area is 152 Å². The van der Waals surface area contributed by atoms with Gasteiger partial charge in [0.05, 0.1) is 23.4 Å². The standard InChI is InChI=1S/C18H16F4N4O/c19-13-7-5-12(6-8-13)15(25-17(27)23-10-18(20,21)22)9-26-11-24-14-3-1-2-4-16(14)26/h1-8,11,15H,9-10H2,(H2,23,25,27). The van der Waals surface area contributed by atoms with E-state index >= 15 is 0 Å². The highest BCUT2D eigenvalue weighted by Crippen LogP contribution is 2.20. The molecule has 0 aliphatic rings. The number of hydrogen-bond donors (Lipinski definition) is 2. The second-order valence-corrected chi connectivity index (χ2v) is 5.93. The van der Waals surface area contributed by atoms with Crippen molar-refractivity contribution in [2.45, 2.75) is 18.8 Å². The third kappa shape index (κ3) is 4.96. The van der Waals surface area contributed by atoms with Crippen LogP contribution in [0.25, 0.3) is 11.0 Å². The molecule has 5 nitrogen and oxygen atoms in total. The van der Waals surface area contributed by atoms with Crippen LogP contribution in [0.3, 0.4) is 0 Å². The molecule has 0 aliphatic heterocycles. The Balaban J connectivity index is 1.81. The number of carbonyl (C=O) groups is 1. The zero-order chi connectivity index (χ0) is 19.4. The van der Waals surface area contributed by atoms with E-state index in [0.717, 1.165) is 11.0 Å². The average Bonchev–Trinajstić information content (AvgIpc) is 3.03. The first-order valence-corrected chi connectivity index (χ1v) is 8.08. The summed E-state index contributed by atoms with van der Waals surface area (Å²) in [6.07, 6.45) is -2.93. The van der Waals surface area contributed by atoms with Crippen molar-refractivity contribution in [3.8, 4) is 0 Å². The van der Waals surface area contributed by atoms with Crippen molar-refractivity contribution in [2.24, 2.45) is 0 Å². The van der Waals surface area contributed by atoms with Gasteiger partial charge in [-0.15, -0.1) is 0 Å². The Morgan fingerprint density at radius 2 is 1.81 bits per heavy atom. The zero-order valence-corrected chi connectivity index (χ0v) is 14.0.